The largest absolute Gasteiger partial charge is 0.326 e. The van der Waals surface area contributed by atoms with E-state index in [9.17, 15) is 8.42 Å². The highest BCUT2D eigenvalue weighted by atomic mass is 32.2. The summed E-state index contributed by atoms with van der Waals surface area (Å²) in [5.74, 6) is 0.862. The summed E-state index contributed by atoms with van der Waals surface area (Å²) >= 11 is 0. The van der Waals surface area contributed by atoms with Crippen molar-refractivity contribution >= 4 is 9.84 Å². The number of nitrogens with two attached hydrogens (primary N) is 1. The molecule has 4 heteroatoms. The number of hydrogen-bond donors (Lipinski definition) is 1. The molecule has 70 valence electrons. The lowest BCUT2D eigenvalue weighted by Gasteiger charge is -2.17. The van der Waals surface area contributed by atoms with E-state index in [1.165, 1.54) is 0 Å². The molecule has 2 aliphatic rings. The fourth-order valence-electron chi connectivity index (χ4n) is 2.03. The third-order valence-electron chi connectivity index (χ3n) is 2.97. The average Bonchev–Trinajstić information content (AvgIpc) is 2.75. The van der Waals surface area contributed by atoms with Crippen LogP contribution in [-0.4, -0.2) is 25.5 Å². The van der Waals surface area contributed by atoms with E-state index in [4.69, 9.17) is 5.73 Å². The molecule has 0 bridgehead atoms. The van der Waals surface area contributed by atoms with Gasteiger partial charge in [-0.1, -0.05) is 0 Å². The number of sulfone groups is 1. The minimum absolute atomic E-state index is 0.0718. The van der Waals surface area contributed by atoms with Gasteiger partial charge in [0, 0.05) is 6.04 Å². The summed E-state index contributed by atoms with van der Waals surface area (Å²) in [7, 11) is -2.82. The van der Waals surface area contributed by atoms with Crippen molar-refractivity contribution in [1.29, 1.82) is 0 Å². The van der Waals surface area contributed by atoms with Gasteiger partial charge in [0.15, 0.2) is 9.84 Å². The summed E-state index contributed by atoms with van der Waals surface area (Å²) in [6, 6.07) is -0.0718. The fraction of sp³-hybridized carbons (Fsp3) is 1.00. The third kappa shape index (κ3) is 1.38. The lowest BCUT2D eigenvalue weighted by atomic mass is 10.1. The molecular formula is C8H15NO2S. The Morgan fingerprint density at radius 3 is 2.33 bits per heavy atom. The van der Waals surface area contributed by atoms with Crippen molar-refractivity contribution in [2.75, 3.05) is 5.75 Å². The molecule has 1 saturated carbocycles. The van der Waals surface area contributed by atoms with Crippen LogP contribution in [0.1, 0.15) is 25.7 Å². The highest BCUT2D eigenvalue weighted by Crippen LogP contribution is 2.37. The van der Waals surface area contributed by atoms with Crippen molar-refractivity contribution in [2.24, 2.45) is 11.7 Å². The van der Waals surface area contributed by atoms with Crippen molar-refractivity contribution in [3.63, 3.8) is 0 Å². The molecule has 2 unspecified atom stereocenters. The second-order valence-corrected chi connectivity index (χ2v) is 6.30. The number of rotatable bonds is 2. The monoisotopic (exact) mass is 189 g/mol. The molecule has 0 radical (unpaired) electrons. The van der Waals surface area contributed by atoms with Crippen LogP contribution < -0.4 is 5.73 Å². The predicted octanol–water partition coefficient (Wildman–Crippen LogP) is 0.301. The Bertz CT molecular complexity index is 269. The lowest BCUT2D eigenvalue weighted by molar-refractivity contribution is 0.521. The summed E-state index contributed by atoms with van der Waals surface area (Å²) in [5.41, 5.74) is 5.88. The van der Waals surface area contributed by atoms with E-state index in [-0.39, 0.29) is 11.3 Å². The summed E-state index contributed by atoms with van der Waals surface area (Å²) in [6.07, 6.45) is 3.87. The molecule has 2 N–H and O–H groups in total. The first-order valence-corrected chi connectivity index (χ1v) is 6.30. The Morgan fingerprint density at radius 1 is 1.25 bits per heavy atom. The SMILES string of the molecule is NC(C1CC1)C1CCCS1(=O)=O. The zero-order valence-electron chi connectivity index (χ0n) is 7.07. The van der Waals surface area contributed by atoms with Gasteiger partial charge in [0.2, 0.25) is 0 Å². The van der Waals surface area contributed by atoms with Crippen molar-refractivity contribution in [3.05, 3.63) is 0 Å². The summed E-state index contributed by atoms with van der Waals surface area (Å²) < 4.78 is 22.9. The van der Waals surface area contributed by atoms with Crippen LogP contribution in [0.4, 0.5) is 0 Å². The van der Waals surface area contributed by atoms with Crippen molar-refractivity contribution < 1.29 is 8.42 Å². The van der Waals surface area contributed by atoms with Crippen LogP contribution in [0.3, 0.4) is 0 Å². The fourth-order valence-corrected chi connectivity index (χ4v) is 4.13. The maximum absolute atomic E-state index is 11.5. The molecular weight excluding hydrogens is 174 g/mol. The predicted molar refractivity (Wildman–Crippen MR) is 47.5 cm³/mol. The topological polar surface area (TPSA) is 60.2 Å². The zero-order valence-corrected chi connectivity index (χ0v) is 7.89. The molecule has 3 nitrogen and oxygen atoms in total. The van der Waals surface area contributed by atoms with Gasteiger partial charge in [0.1, 0.15) is 0 Å². The second kappa shape index (κ2) is 2.70. The molecule has 1 aliphatic heterocycles. The van der Waals surface area contributed by atoms with Gasteiger partial charge >= 0.3 is 0 Å². The average molecular weight is 189 g/mol. The van der Waals surface area contributed by atoms with Crippen LogP contribution in [0.5, 0.6) is 0 Å². The lowest BCUT2D eigenvalue weighted by Crippen LogP contribution is -2.39. The first-order valence-electron chi connectivity index (χ1n) is 4.58. The summed E-state index contributed by atoms with van der Waals surface area (Å²) in [4.78, 5) is 0. The Morgan fingerprint density at radius 2 is 1.92 bits per heavy atom. The van der Waals surface area contributed by atoms with Gasteiger partial charge in [0.25, 0.3) is 0 Å². The Kier molecular flexibility index (Phi) is 1.92. The molecule has 2 rings (SSSR count). The van der Waals surface area contributed by atoms with E-state index in [0.717, 1.165) is 25.7 Å². The first kappa shape index (κ1) is 8.51. The highest BCUT2D eigenvalue weighted by Gasteiger charge is 2.42. The maximum atomic E-state index is 11.5. The van der Waals surface area contributed by atoms with E-state index in [1.807, 2.05) is 0 Å². The molecule has 0 amide bonds. The summed E-state index contributed by atoms with van der Waals surface area (Å²) in [5, 5.41) is -0.218. The van der Waals surface area contributed by atoms with Gasteiger partial charge < -0.3 is 5.73 Å². The molecule has 0 aromatic heterocycles. The molecule has 0 spiro atoms. The van der Waals surface area contributed by atoms with Crippen LogP contribution in [0.2, 0.25) is 0 Å². The van der Waals surface area contributed by atoms with Gasteiger partial charge in [-0.2, -0.15) is 0 Å². The van der Waals surface area contributed by atoms with E-state index in [0.29, 0.717) is 11.7 Å². The normalized spacial score (nSPS) is 36.6. The minimum atomic E-state index is -2.82. The van der Waals surface area contributed by atoms with Crippen LogP contribution in [0.15, 0.2) is 0 Å². The number of hydrogen-bond acceptors (Lipinski definition) is 3. The Balaban J connectivity index is 2.11. The van der Waals surface area contributed by atoms with Gasteiger partial charge in [-0.25, -0.2) is 8.42 Å². The van der Waals surface area contributed by atoms with E-state index >= 15 is 0 Å². The van der Waals surface area contributed by atoms with Gasteiger partial charge in [0.05, 0.1) is 11.0 Å². The first-order chi connectivity index (χ1) is 5.61. The standard InChI is InChI=1S/C8H15NO2S/c9-8(6-3-4-6)7-2-1-5-12(7,10)11/h6-8H,1-5,9H2. The van der Waals surface area contributed by atoms with E-state index in [1.54, 1.807) is 0 Å². The Hall–Kier alpha value is -0.0900. The molecule has 2 fully saturated rings. The van der Waals surface area contributed by atoms with Crippen LogP contribution in [0.25, 0.3) is 0 Å². The third-order valence-corrected chi connectivity index (χ3v) is 5.30. The molecule has 1 saturated heterocycles. The smallest absolute Gasteiger partial charge is 0.154 e. The summed E-state index contributed by atoms with van der Waals surface area (Å²) in [6.45, 7) is 0. The minimum Gasteiger partial charge on any atom is -0.326 e. The van der Waals surface area contributed by atoms with Gasteiger partial charge in [-0.3, -0.25) is 0 Å². The van der Waals surface area contributed by atoms with E-state index < -0.39 is 9.84 Å². The molecule has 0 aromatic carbocycles. The quantitative estimate of drug-likeness (QED) is 0.679. The zero-order chi connectivity index (χ0) is 8.77. The van der Waals surface area contributed by atoms with Crippen molar-refractivity contribution in [1.82, 2.24) is 0 Å². The van der Waals surface area contributed by atoms with Crippen LogP contribution >= 0.6 is 0 Å². The van der Waals surface area contributed by atoms with Gasteiger partial charge in [-0.15, -0.1) is 0 Å². The van der Waals surface area contributed by atoms with Crippen molar-refractivity contribution in [2.45, 2.75) is 37.0 Å². The Labute approximate surface area is 73.2 Å². The second-order valence-electron chi connectivity index (χ2n) is 3.96. The molecule has 0 aromatic rings. The molecule has 1 heterocycles. The highest BCUT2D eigenvalue weighted by molar-refractivity contribution is 7.92. The maximum Gasteiger partial charge on any atom is 0.154 e. The van der Waals surface area contributed by atoms with E-state index in [2.05, 4.69) is 0 Å². The van der Waals surface area contributed by atoms with Gasteiger partial charge in [-0.05, 0) is 31.6 Å². The molecule has 12 heavy (non-hydrogen) atoms. The molecule has 2 atom stereocenters. The van der Waals surface area contributed by atoms with Crippen LogP contribution in [0, 0.1) is 5.92 Å². The van der Waals surface area contributed by atoms with Crippen molar-refractivity contribution in [3.8, 4) is 0 Å². The molecule has 1 aliphatic carbocycles. The van der Waals surface area contributed by atoms with Crippen LogP contribution in [-0.2, 0) is 9.84 Å².